The molecular formula is C10H11ClN4. The van der Waals surface area contributed by atoms with Gasteiger partial charge in [-0.15, -0.1) is 0 Å². The van der Waals surface area contributed by atoms with Crippen LogP contribution in [0.1, 0.15) is 0 Å². The van der Waals surface area contributed by atoms with Crippen molar-refractivity contribution in [1.82, 2.24) is 15.4 Å². The zero-order valence-electron chi connectivity index (χ0n) is 8.24. The molecule has 5 heteroatoms. The van der Waals surface area contributed by atoms with E-state index in [0.717, 1.165) is 11.5 Å². The first-order chi connectivity index (χ1) is 7.24. The highest BCUT2D eigenvalue weighted by molar-refractivity contribution is 6.29. The fraction of sp³-hybridized carbons (Fsp3) is 0.100. The molecule has 2 N–H and O–H groups in total. The van der Waals surface area contributed by atoms with Gasteiger partial charge >= 0.3 is 0 Å². The van der Waals surface area contributed by atoms with Crippen molar-refractivity contribution in [2.75, 3.05) is 12.4 Å². The second-order valence-corrected chi connectivity index (χ2v) is 3.55. The summed E-state index contributed by atoms with van der Waals surface area (Å²) in [5, 5.41) is 5.49. The van der Waals surface area contributed by atoms with Crippen molar-refractivity contribution in [2.24, 2.45) is 0 Å². The summed E-state index contributed by atoms with van der Waals surface area (Å²) in [5.74, 6) is 0.791. The third kappa shape index (κ3) is 2.63. The van der Waals surface area contributed by atoms with Crippen LogP contribution in [0.25, 0.3) is 0 Å². The predicted molar refractivity (Wildman–Crippen MR) is 60.8 cm³/mol. The quantitative estimate of drug-likeness (QED) is 0.750. The molecule has 0 aromatic carbocycles. The summed E-state index contributed by atoms with van der Waals surface area (Å²) in [5.41, 5.74) is 3.81. The van der Waals surface area contributed by atoms with Gasteiger partial charge in [-0.2, -0.15) is 0 Å². The summed E-state index contributed by atoms with van der Waals surface area (Å²) in [6, 6.07) is 5.69. The van der Waals surface area contributed by atoms with Gasteiger partial charge < -0.3 is 5.32 Å². The fourth-order valence-corrected chi connectivity index (χ4v) is 1.52. The van der Waals surface area contributed by atoms with Crippen LogP contribution in [0, 0.1) is 0 Å². The Kier molecular flexibility index (Phi) is 2.78. The Bertz CT molecular complexity index is 399. The summed E-state index contributed by atoms with van der Waals surface area (Å²) in [6.45, 7) is 0. The smallest absolute Gasteiger partial charge is 0.130 e. The van der Waals surface area contributed by atoms with Gasteiger partial charge in [-0.1, -0.05) is 17.7 Å². The Morgan fingerprint density at radius 1 is 1.47 bits per heavy atom. The molecule has 78 valence electrons. The molecule has 1 aliphatic heterocycles. The average molecular weight is 223 g/mol. The minimum Gasteiger partial charge on any atom is -0.339 e. The summed E-state index contributed by atoms with van der Waals surface area (Å²) in [7, 11) is 1.87. The lowest BCUT2D eigenvalue weighted by Gasteiger charge is -2.22. The number of aromatic nitrogens is 1. The van der Waals surface area contributed by atoms with Gasteiger partial charge in [-0.25, -0.2) is 4.98 Å². The first-order valence-electron chi connectivity index (χ1n) is 4.50. The van der Waals surface area contributed by atoms with Gasteiger partial charge in [0.05, 0.1) is 5.70 Å². The summed E-state index contributed by atoms with van der Waals surface area (Å²) in [4.78, 5) is 4.16. The molecular weight excluding hydrogens is 212 g/mol. The second-order valence-electron chi connectivity index (χ2n) is 3.14. The lowest BCUT2D eigenvalue weighted by Crippen LogP contribution is -2.31. The molecule has 1 aromatic heterocycles. The monoisotopic (exact) mass is 222 g/mol. The molecule has 2 heterocycles. The van der Waals surface area contributed by atoms with Crippen molar-refractivity contribution in [3.63, 3.8) is 0 Å². The van der Waals surface area contributed by atoms with Crippen LogP contribution in [0.4, 0.5) is 5.82 Å². The number of hydrogen-bond donors (Lipinski definition) is 2. The van der Waals surface area contributed by atoms with E-state index in [1.807, 2.05) is 31.4 Å². The minimum absolute atomic E-state index is 0.568. The Morgan fingerprint density at radius 2 is 2.33 bits per heavy atom. The number of nitrogens with one attached hydrogen (secondary N) is 2. The van der Waals surface area contributed by atoms with E-state index < -0.39 is 0 Å². The summed E-state index contributed by atoms with van der Waals surface area (Å²) in [6.07, 6.45) is 5.43. The third-order valence-electron chi connectivity index (χ3n) is 1.84. The number of hydrazine groups is 1. The van der Waals surface area contributed by atoms with Crippen LogP contribution in [-0.4, -0.2) is 17.0 Å². The van der Waals surface area contributed by atoms with E-state index in [2.05, 4.69) is 15.7 Å². The topological polar surface area (TPSA) is 40.2 Å². The molecule has 1 aliphatic rings. The average Bonchev–Trinajstić information content (AvgIpc) is 2.17. The Hall–Kier alpha value is -1.68. The highest BCUT2D eigenvalue weighted by Crippen LogP contribution is 2.13. The van der Waals surface area contributed by atoms with E-state index in [4.69, 9.17) is 11.6 Å². The lowest BCUT2D eigenvalue weighted by atomic mass is 10.4. The van der Waals surface area contributed by atoms with Gasteiger partial charge in [0, 0.05) is 19.4 Å². The molecule has 2 rings (SSSR count). The van der Waals surface area contributed by atoms with Crippen molar-refractivity contribution < 1.29 is 0 Å². The molecule has 0 amide bonds. The molecule has 0 unspecified atom stereocenters. The number of hydrogen-bond acceptors (Lipinski definition) is 4. The normalized spacial score (nSPS) is 15.2. The van der Waals surface area contributed by atoms with Gasteiger partial charge in [0.15, 0.2) is 0 Å². The van der Waals surface area contributed by atoms with E-state index >= 15 is 0 Å². The molecule has 15 heavy (non-hydrogen) atoms. The van der Waals surface area contributed by atoms with Gasteiger partial charge in [-0.3, -0.25) is 10.4 Å². The van der Waals surface area contributed by atoms with Crippen LogP contribution in [-0.2, 0) is 0 Å². The van der Waals surface area contributed by atoms with Crippen molar-refractivity contribution in [3.8, 4) is 0 Å². The highest BCUT2D eigenvalue weighted by Gasteiger charge is 2.06. The first kappa shape index (κ1) is 9.86. The number of pyridine rings is 1. The van der Waals surface area contributed by atoms with Gasteiger partial charge in [0.25, 0.3) is 0 Å². The molecule has 0 saturated carbocycles. The zero-order chi connectivity index (χ0) is 10.7. The van der Waals surface area contributed by atoms with Gasteiger partial charge in [0.1, 0.15) is 11.0 Å². The molecule has 0 radical (unpaired) electrons. The van der Waals surface area contributed by atoms with Crippen molar-refractivity contribution in [1.29, 1.82) is 0 Å². The number of halogens is 1. The zero-order valence-corrected chi connectivity index (χ0v) is 8.99. The van der Waals surface area contributed by atoms with Crippen molar-refractivity contribution in [3.05, 3.63) is 47.5 Å². The van der Waals surface area contributed by atoms with Gasteiger partial charge in [0.2, 0.25) is 0 Å². The van der Waals surface area contributed by atoms with E-state index in [1.165, 1.54) is 0 Å². The minimum atomic E-state index is 0.568. The molecule has 0 saturated heterocycles. The number of rotatable bonds is 2. The summed E-state index contributed by atoms with van der Waals surface area (Å²) < 4.78 is 0. The Balaban J connectivity index is 2.13. The third-order valence-corrected chi connectivity index (χ3v) is 2.03. The standard InChI is InChI=1S/C10H11ClN4/c1-15-7-8(6-9(11)14-15)13-10-4-2-3-5-12-10/h2-7,14H,1H3,(H,12,13). The van der Waals surface area contributed by atoms with E-state index in [9.17, 15) is 0 Å². The molecule has 0 bridgehead atoms. The highest BCUT2D eigenvalue weighted by atomic mass is 35.5. The van der Waals surface area contributed by atoms with E-state index in [-0.39, 0.29) is 0 Å². The molecule has 0 fully saturated rings. The van der Waals surface area contributed by atoms with Crippen LogP contribution >= 0.6 is 11.6 Å². The maximum absolute atomic E-state index is 5.88. The first-order valence-corrected chi connectivity index (χ1v) is 4.88. The maximum Gasteiger partial charge on any atom is 0.130 e. The number of allylic oxidation sites excluding steroid dienone is 1. The van der Waals surface area contributed by atoms with Crippen LogP contribution in [0.5, 0.6) is 0 Å². The van der Waals surface area contributed by atoms with Gasteiger partial charge in [-0.05, 0) is 18.2 Å². The molecule has 0 atom stereocenters. The fourth-order valence-electron chi connectivity index (χ4n) is 1.27. The van der Waals surface area contributed by atoms with Crippen molar-refractivity contribution >= 4 is 17.4 Å². The molecule has 0 spiro atoms. The van der Waals surface area contributed by atoms with Crippen LogP contribution in [0.2, 0.25) is 0 Å². The number of anilines is 1. The van der Waals surface area contributed by atoms with E-state index in [1.54, 1.807) is 17.3 Å². The second kappa shape index (κ2) is 4.23. The predicted octanol–water partition coefficient (Wildman–Crippen LogP) is 1.87. The summed E-state index contributed by atoms with van der Waals surface area (Å²) >= 11 is 5.88. The largest absolute Gasteiger partial charge is 0.339 e. The van der Waals surface area contributed by atoms with Crippen LogP contribution < -0.4 is 10.7 Å². The maximum atomic E-state index is 5.88. The Morgan fingerprint density at radius 3 is 3.00 bits per heavy atom. The molecule has 1 aromatic rings. The number of nitrogens with zero attached hydrogens (tertiary/aromatic N) is 2. The lowest BCUT2D eigenvalue weighted by molar-refractivity contribution is 0.373. The van der Waals surface area contributed by atoms with E-state index in [0.29, 0.717) is 5.16 Å². The van der Waals surface area contributed by atoms with Crippen LogP contribution in [0.3, 0.4) is 0 Å². The molecule has 4 nitrogen and oxygen atoms in total. The molecule has 0 aliphatic carbocycles. The van der Waals surface area contributed by atoms with Crippen LogP contribution in [0.15, 0.2) is 47.5 Å². The SMILES string of the molecule is CN1C=C(Nc2ccccn2)C=C(Cl)N1. The van der Waals surface area contributed by atoms with Crippen molar-refractivity contribution in [2.45, 2.75) is 0 Å². The Labute approximate surface area is 93.2 Å².